The third-order valence-electron chi connectivity index (χ3n) is 3.05. The van der Waals surface area contributed by atoms with Gasteiger partial charge in [-0.05, 0) is 5.56 Å². The molecule has 0 aromatic heterocycles. The van der Waals surface area contributed by atoms with Crippen LogP contribution in [0.25, 0.3) is 0 Å². The average molecular weight is 428 g/mol. The average Bonchev–Trinajstić information content (AvgIpc) is 2.46. The van der Waals surface area contributed by atoms with Crippen LogP contribution >= 0.6 is 0 Å². The molecular weight excluding hydrogens is 414 g/mol. The third kappa shape index (κ3) is 6.83. The van der Waals surface area contributed by atoms with Crippen molar-refractivity contribution in [3.63, 3.8) is 0 Å². The van der Waals surface area contributed by atoms with Crippen LogP contribution in [0.15, 0.2) is 30.3 Å². The van der Waals surface area contributed by atoms with E-state index in [2.05, 4.69) is 9.50 Å². The van der Waals surface area contributed by atoms with E-state index in [0.717, 1.165) is 0 Å². The number of benzene rings is 1. The first kappa shape index (κ1) is 25.9. The van der Waals surface area contributed by atoms with Crippen LogP contribution in [0.2, 0.25) is 0 Å². The summed E-state index contributed by atoms with van der Waals surface area (Å²) in [6.45, 7) is -0.517. The van der Waals surface area contributed by atoms with Gasteiger partial charge in [0.2, 0.25) is 0 Å². The standard InChI is InChI=1S/C11H12N2O9S2.2Na.2H/c14-10(12-8-6-13(11(8)15)23(16,17)18)9(22-24(19,20)21)7-4-2-1-3-5-7;;;;/h1-5,8-9H,6H2,(H,12,14)(H,16,17,18)(H,19,20,21);;;;/q;2*+1;2*-1. The summed E-state index contributed by atoms with van der Waals surface area (Å²) in [7, 11) is -9.70. The van der Waals surface area contributed by atoms with E-state index in [-0.39, 0.29) is 71.8 Å². The zero-order chi connectivity index (χ0) is 18.1. The van der Waals surface area contributed by atoms with E-state index in [9.17, 15) is 26.4 Å². The fraction of sp³-hybridized carbons (Fsp3) is 0.273. The molecule has 2 amide bonds. The van der Waals surface area contributed by atoms with Gasteiger partial charge in [-0.25, -0.2) is 8.49 Å². The number of hydrogen-bond donors (Lipinski definition) is 3. The Bertz CT molecular complexity index is 871. The Morgan fingerprint density at radius 2 is 1.73 bits per heavy atom. The first-order valence-corrected chi connectivity index (χ1v) is 9.05. The zero-order valence-corrected chi connectivity index (χ0v) is 19.4. The Balaban J connectivity index is -0.00000156. The van der Waals surface area contributed by atoms with Crippen molar-refractivity contribution in [1.29, 1.82) is 0 Å². The van der Waals surface area contributed by atoms with Gasteiger partial charge in [-0.15, -0.1) is 0 Å². The maximum Gasteiger partial charge on any atom is 1.00 e. The molecule has 0 bridgehead atoms. The molecule has 1 aromatic carbocycles. The number of rotatable bonds is 6. The van der Waals surface area contributed by atoms with Gasteiger partial charge in [0.15, 0.2) is 6.10 Å². The molecule has 1 heterocycles. The fourth-order valence-corrected chi connectivity index (χ4v) is 3.09. The summed E-state index contributed by atoms with van der Waals surface area (Å²) in [5.41, 5.74) is 0.0750. The summed E-state index contributed by atoms with van der Waals surface area (Å²) in [5.74, 6) is -2.18. The van der Waals surface area contributed by atoms with Crippen molar-refractivity contribution in [1.82, 2.24) is 9.62 Å². The summed E-state index contributed by atoms with van der Waals surface area (Å²) in [4.78, 5) is 23.7. The molecule has 1 aliphatic rings. The molecule has 0 saturated carbocycles. The van der Waals surface area contributed by atoms with E-state index in [1.54, 1.807) is 6.07 Å². The van der Waals surface area contributed by atoms with Gasteiger partial charge < -0.3 is 8.17 Å². The molecule has 26 heavy (non-hydrogen) atoms. The van der Waals surface area contributed by atoms with Crippen LogP contribution in [-0.4, -0.2) is 54.6 Å². The quantitative estimate of drug-likeness (QED) is 0.227. The molecule has 0 spiro atoms. The van der Waals surface area contributed by atoms with Gasteiger partial charge in [0.1, 0.15) is 6.04 Å². The maximum absolute atomic E-state index is 12.1. The SMILES string of the molecule is O=C(NC1CN(S(=O)(=O)O)C1=O)C(OS(=O)(=O)O)c1ccccc1.[H-].[H-].[Na+].[Na+]. The van der Waals surface area contributed by atoms with Crippen molar-refractivity contribution in [3.05, 3.63) is 35.9 Å². The second-order valence-corrected chi connectivity index (χ2v) is 7.11. The summed E-state index contributed by atoms with van der Waals surface area (Å²) < 4.78 is 65.4. The smallest absolute Gasteiger partial charge is 1.00 e. The van der Waals surface area contributed by atoms with E-state index in [0.29, 0.717) is 0 Å². The molecule has 2 unspecified atom stereocenters. The van der Waals surface area contributed by atoms with Gasteiger partial charge >= 0.3 is 79.8 Å². The minimum Gasteiger partial charge on any atom is -1.00 e. The van der Waals surface area contributed by atoms with E-state index in [1.807, 2.05) is 0 Å². The molecule has 2 rings (SSSR count). The van der Waals surface area contributed by atoms with Crippen LogP contribution in [0.1, 0.15) is 14.5 Å². The number of nitrogens with one attached hydrogen (secondary N) is 1. The predicted molar refractivity (Wildman–Crippen MR) is 79.2 cm³/mol. The molecule has 15 heteroatoms. The summed E-state index contributed by atoms with van der Waals surface area (Å²) in [6.07, 6.45) is -1.78. The van der Waals surface area contributed by atoms with Gasteiger partial charge in [0.05, 0.1) is 6.54 Å². The topological polar surface area (TPSA) is 167 Å². The number of nitrogens with zero attached hydrogens (tertiary/aromatic N) is 1. The molecule has 1 saturated heterocycles. The first-order valence-electron chi connectivity index (χ1n) is 6.29. The monoisotopic (exact) mass is 428 g/mol. The largest absolute Gasteiger partial charge is 1.00 e. The second kappa shape index (κ2) is 9.93. The molecule has 3 N–H and O–H groups in total. The Morgan fingerprint density at radius 3 is 2.15 bits per heavy atom. The number of carbonyl (C=O) groups excluding carboxylic acids is 2. The van der Waals surface area contributed by atoms with Crippen molar-refractivity contribution >= 4 is 32.5 Å². The third-order valence-corrected chi connectivity index (χ3v) is 4.37. The molecule has 1 aliphatic heterocycles. The number of β-lactam (4-membered cyclic amide) rings is 1. The van der Waals surface area contributed by atoms with Gasteiger partial charge in [-0.1, -0.05) is 30.3 Å². The van der Waals surface area contributed by atoms with Crippen LogP contribution in [0, 0.1) is 0 Å². The molecule has 0 aliphatic carbocycles. The molecule has 1 fully saturated rings. The maximum atomic E-state index is 12.1. The molecule has 136 valence electrons. The van der Waals surface area contributed by atoms with Gasteiger partial charge in [0, 0.05) is 0 Å². The first-order chi connectivity index (χ1) is 11.0. The van der Waals surface area contributed by atoms with Crippen molar-refractivity contribution in [2.24, 2.45) is 0 Å². The zero-order valence-electron chi connectivity index (χ0n) is 15.8. The van der Waals surface area contributed by atoms with Gasteiger partial charge in [0.25, 0.3) is 11.8 Å². The van der Waals surface area contributed by atoms with Gasteiger partial charge in [-0.3, -0.25) is 18.7 Å². The van der Waals surface area contributed by atoms with Crippen molar-refractivity contribution in [3.8, 4) is 0 Å². The molecule has 2 atom stereocenters. The summed E-state index contributed by atoms with van der Waals surface area (Å²) in [5, 5.41) is 2.08. The summed E-state index contributed by atoms with van der Waals surface area (Å²) >= 11 is 0. The van der Waals surface area contributed by atoms with E-state index in [1.165, 1.54) is 24.3 Å². The Morgan fingerprint density at radius 1 is 1.19 bits per heavy atom. The minimum absolute atomic E-state index is 0. The minimum atomic E-state index is -4.98. The Kier molecular flexibility index (Phi) is 9.91. The predicted octanol–water partition coefficient (Wildman–Crippen LogP) is -7.09. The van der Waals surface area contributed by atoms with Crippen LogP contribution < -0.4 is 64.4 Å². The molecule has 1 aromatic rings. The molecule has 11 nitrogen and oxygen atoms in total. The van der Waals surface area contributed by atoms with Crippen molar-refractivity contribution in [2.75, 3.05) is 6.54 Å². The Hall–Kier alpha value is -0.0600. The van der Waals surface area contributed by atoms with Crippen LogP contribution in [0.4, 0.5) is 0 Å². The van der Waals surface area contributed by atoms with Crippen LogP contribution in [0.5, 0.6) is 0 Å². The second-order valence-electron chi connectivity index (χ2n) is 4.72. The molecule has 0 radical (unpaired) electrons. The van der Waals surface area contributed by atoms with Crippen LogP contribution in [-0.2, 0) is 34.5 Å². The number of carbonyl (C=O) groups is 2. The number of hydrogen-bond acceptors (Lipinski definition) is 7. The van der Waals surface area contributed by atoms with E-state index in [4.69, 9.17) is 9.11 Å². The molecular formula is C11H14N2Na2O9S2. The van der Waals surface area contributed by atoms with E-state index < -0.39 is 51.2 Å². The normalized spacial score (nSPS) is 18.0. The summed E-state index contributed by atoms with van der Waals surface area (Å²) in [6, 6.07) is 5.97. The Labute approximate surface area is 196 Å². The fourth-order valence-electron chi connectivity index (χ4n) is 1.96. The van der Waals surface area contributed by atoms with Crippen molar-refractivity contribution < 1.29 is 102 Å². The van der Waals surface area contributed by atoms with E-state index >= 15 is 0 Å². The van der Waals surface area contributed by atoms with Crippen molar-refractivity contribution in [2.45, 2.75) is 12.1 Å². The van der Waals surface area contributed by atoms with Gasteiger partial charge in [-0.2, -0.15) is 16.8 Å². The number of amides is 2. The van der Waals surface area contributed by atoms with Crippen LogP contribution in [0.3, 0.4) is 0 Å².